The zero-order valence-electron chi connectivity index (χ0n) is 11.5. The molecule has 0 amide bonds. The van der Waals surface area contributed by atoms with Crippen molar-refractivity contribution in [1.82, 2.24) is 9.36 Å². The molecule has 0 saturated carbocycles. The summed E-state index contributed by atoms with van der Waals surface area (Å²) in [5.41, 5.74) is 0.425. The van der Waals surface area contributed by atoms with Crippen LogP contribution in [0.4, 0.5) is 5.13 Å². The van der Waals surface area contributed by atoms with Gasteiger partial charge < -0.3 is 10.0 Å². The summed E-state index contributed by atoms with van der Waals surface area (Å²) >= 11 is 1.37. The number of anilines is 1. The molecule has 19 heavy (non-hydrogen) atoms. The Hall–Kier alpha value is -1.46. The van der Waals surface area contributed by atoms with E-state index in [1.807, 2.05) is 25.1 Å². The average molecular weight is 277 g/mol. The van der Waals surface area contributed by atoms with E-state index in [0.29, 0.717) is 6.54 Å². The van der Waals surface area contributed by atoms with Crippen molar-refractivity contribution >= 4 is 16.7 Å². The lowest BCUT2D eigenvalue weighted by molar-refractivity contribution is 0.0870. The number of rotatable bonds is 5. The molecule has 4 nitrogen and oxygen atoms in total. The van der Waals surface area contributed by atoms with Crippen LogP contribution < -0.4 is 4.90 Å². The van der Waals surface area contributed by atoms with Crippen LogP contribution in [0.5, 0.6) is 0 Å². The molecule has 1 aromatic carbocycles. The highest BCUT2D eigenvalue weighted by atomic mass is 32.1. The van der Waals surface area contributed by atoms with Crippen LogP contribution in [0.1, 0.15) is 25.2 Å². The molecule has 0 aliphatic carbocycles. The minimum atomic E-state index is -0.769. The van der Waals surface area contributed by atoms with Crippen molar-refractivity contribution in [2.45, 2.75) is 32.9 Å². The van der Waals surface area contributed by atoms with Gasteiger partial charge in [-0.2, -0.15) is 4.37 Å². The molecule has 0 radical (unpaired) electrons. The fourth-order valence-corrected chi connectivity index (χ4v) is 2.55. The maximum absolute atomic E-state index is 10.0. The molecule has 1 heterocycles. The lowest BCUT2D eigenvalue weighted by Crippen LogP contribution is -2.38. The van der Waals surface area contributed by atoms with Gasteiger partial charge in [0.1, 0.15) is 5.82 Å². The van der Waals surface area contributed by atoms with Crippen molar-refractivity contribution in [1.29, 1.82) is 0 Å². The number of aryl methyl sites for hydroxylation is 1. The third kappa shape index (κ3) is 4.29. The number of benzene rings is 1. The third-order valence-electron chi connectivity index (χ3n) is 2.58. The topological polar surface area (TPSA) is 49.2 Å². The first kappa shape index (κ1) is 14.0. The predicted molar refractivity (Wildman–Crippen MR) is 78.4 cm³/mol. The van der Waals surface area contributed by atoms with Crippen LogP contribution in [-0.2, 0) is 6.54 Å². The second kappa shape index (κ2) is 5.67. The van der Waals surface area contributed by atoms with Crippen molar-refractivity contribution in [2.75, 3.05) is 11.4 Å². The second-order valence-electron chi connectivity index (χ2n) is 5.28. The highest BCUT2D eigenvalue weighted by Gasteiger charge is 2.21. The van der Waals surface area contributed by atoms with Gasteiger partial charge in [0.15, 0.2) is 0 Å². The van der Waals surface area contributed by atoms with E-state index in [1.165, 1.54) is 17.1 Å². The van der Waals surface area contributed by atoms with E-state index in [-0.39, 0.29) is 0 Å². The smallest absolute Gasteiger partial charge is 0.205 e. The van der Waals surface area contributed by atoms with Crippen molar-refractivity contribution < 1.29 is 5.11 Å². The number of nitrogens with zero attached hydrogens (tertiary/aromatic N) is 3. The Kier molecular flexibility index (Phi) is 4.17. The summed E-state index contributed by atoms with van der Waals surface area (Å²) in [5, 5.41) is 10.9. The molecule has 5 heteroatoms. The van der Waals surface area contributed by atoms with Crippen LogP contribution in [0.3, 0.4) is 0 Å². The van der Waals surface area contributed by atoms with E-state index in [4.69, 9.17) is 0 Å². The molecule has 0 atom stereocenters. The largest absolute Gasteiger partial charge is 0.389 e. The summed E-state index contributed by atoms with van der Waals surface area (Å²) in [5.74, 6) is 0.772. The van der Waals surface area contributed by atoms with Gasteiger partial charge in [-0.3, -0.25) is 0 Å². The first-order valence-electron chi connectivity index (χ1n) is 6.25. The van der Waals surface area contributed by atoms with Gasteiger partial charge in [0.25, 0.3) is 0 Å². The Morgan fingerprint density at radius 2 is 1.95 bits per heavy atom. The van der Waals surface area contributed by atoms with Crippen molar-refractivity contribution in [3.05, 3.63) is 41.7 Å². The van der Waals surface area contributed by atoms with E-state index in [0.717, 1.165) is 17.5 Å². The van der Waals surface area contributed by atoms with E-state index >= 15 is 0 Å². The summed E-state index contributed by atoms with van der Waals surface area (Å²) in [7, 11) is 0. The van der Waals surface area contributed by atoms with Gasteiger partial charge in [-0.25, -0.2) is 4.98 Å². The fraction of sp³-hybridized carbons (Fsp3) is 0.429. The number of hydrogen-bond donors (Lipinski definition) is 1. The molecule has 0 unspecified atom stereocenters. The number of aliphatic hydroxyl groups is 1. The normalized spacial score (nSPS) is 11.6. The van der Waals surface area contributed by atoms with Crippen LogP contribution in [0, 0.1) is 6.92 Å². The SMILES string of the molecule is Cc1nsc(N(Cc2ccccc2)CC(C)(C)O)n1. The zero-order valence-corrected chi connectivity index (χ0v) is 12.3. The number of aromatic nitrogens is 2. The minimum absolute atomic E-state index is 0.524. The van der Waals surface area contributed by atoms with E-state index in [2.05, 4.69) is 26.4 Å². The first-order valence-corrected chi connectivity index (χ1v) is 7.03. The van der Waals surface area contributed by atoms with Gasteiger partial charge in [-0.1, -0.05) is 30.3 Å². The summed E-state index contributed by atoms with van der Waals surface area (Å²) in [6.45, 7) is 6.73. The van der Waals surface area contributed by atoms with Crippen LogP contribution in [-0.4, -0.2) is 26.6 Å². The lowest BCUT2D eigenvalue weighted by atomic mass is 10.1. The molecule has 0 spiro atoms. The van der Waals surface area contributed by atoms with Crippen molar-refractivity contribution in [2.24, 2.45) is 0 Å². The summed E-state index contributed by atoms with van der Waals surface area (Å²) in [6, 6.07) is 10.2. The van der Waals surface area contributed by atoms with Gasteiger partial charge in [0.05, 0.1) is 5.60 Å². The van der Waals surface area contributed by atoms with Gasteiger partial charge >= 0.3 is 0 Å². The molecule has 1 aromatic heterocycles. The number of hydrogen-bond acceptors (Lipinski definition) is 5. The molecule has 0 aliphatic heterocycles. The Morgan fingerprint density at radius 1 is 1.26 bits per heavy atom. The molecule has 0 fully saturated rings. The molecule has 0 bridgehead atoms. The molecule has 2 aromatic rings. The molecule has 0 aliphatic rings. The standard InChI is InChI=1S/C14H19N3OS/c1-11-15-13(19-16-11)17(10-14(2,3)18)9-12-7-5-4-6-8-12/h4-8,18H,9-10H2,1-3H3. The van der Waals surface area contributed by atoms with Gasteiger partial charge in [-0.05, 0) is 26.3 Å². The van der Waals surface area contributed by atoms with Crippen LogP contribution in [0.25, 0.3) is 0 Å². The lowest BCUT2D eigenvalue weighted by Gasteiger charge is -2.28. The predicted octanol–water partition coefficient (Wildman–Crippen LogP) is 2.62. The molecule has 102 valence electrons. The van der Waals surface area contributed by atoms with Gasteiger partial charge in [0.2, 0.25) is 5.13 Å². The summed E-state index contributed by atoms with van der Waals surface area (Å²) in [4.78, 5) is 6.48. The van der Waals surface area contributed by atoms with Crippen LogP contribution in [0.15, 0.2) is 30.3 Å². The van der Waals surface area contributed by atoms with Crippen molar-refractivity contribution in [3.63, 3.8) is 0 Å². The summed E-state index contributed by atoms with van der Waals surface area (Å²) < 4.78 is 4.22. The third-order valence-corrected chi connectivity index (χ3v) is 3.45. The van der Waals surface area contributed by atoms with Crippen LogP contribution >= 0.6 is 11.5 Å². The molecular weight excluding hydrogens is 258 g/mol. The monoisotopic (exact) mass is 277 g/mol. The fourth-order valence-electron chi connectivity index (χ4n) is 1.88. The van der Waals surface area contributed by atoms with Gasteiger partial charge in [0, 0.05) is 24.6 Å². The molecule has 2 rings (SSSR count). The van der Waals surface area contributed by atoms with Gasteiger partial charge in [-0.15, -0.1) is 0 Å². The van der Waals surface area contributed by atoms with Crippen molar-refractivity contribution in [3.8, 4) is 0 Å². The first-order chi connectivity index (χ1) is 8.94. The van der Waals surface area contributed by atoms with E-state index in [9.17, 15) is 5.11 Å². The summed E-state index contributed by atoms with van der Waals surface area (Å²) in [6.07, 6.45) is 0. The maximum atomic E-state index is 10.0. The maximum Gasteiger partial charge on any atom is 0.205 e. The Bertz CT molecular complexity index is 519. The molecule has 1 N–H and O–H groups in total. The molecule has 0 saturated heterocycles. The quantitative estimate of drug-likeness (QED) is 0.912. The Morgan fingerprint density at radius 3 is 2.47 bits per heavy atom. The zero-order chi connectivity index (χ0) is 13.9. The minimum Gasteiger partial charge on any atom is -0.389 e. The Balaban J connectivity index is 2.19. The highest BCUT2D eigenvalue weighted by molar-refractivity contribution is 7.09. The highest BCUT2D eigenvalue weighted by Crippen LogP contribution is 2.22. The van der Waals surface area contributed by atoms with E-state index in [1.54, 1.807) is 13.8 Å². The Labute approximate surface area is 117 Å². The second-order valence-corrected chi connectivity index (χ2v) is 6.01. The van der Waals surface area contributed by atoms with E-state index < -0.39 is 5.60 Å². The molecular formula is C14H19N3OS. The van der Waals surface area contributed by atoms with Crippen LogP contribution in [0.2, 0.25) is 0 Å². The average Bonchev–Trinajstić information content (AvgIpc) is 2.75.